The summed E-state index contributed by atoms with van der Waals surface area (Å²) in [6.45, 7) is -0.434. The molecule has 34 heavy (non-hydrogen) atoms. The number of urea groups is 1. The van der Waals surface area contributed by atoms with Crippen LogP contribution < -0.4 is 14.5 Å². The number of carboxylic acids is 1. The van der Waals surface area contributed by atoms with Gasteiger partial charge in [0.15, 0.2) is 0 Å². The first kappa shape index (κ1) is 23.8. The molecule has 9 nitrogen and oxygen atoms in total. The van der Waals surface area contributed by atoms with Crippen molar-refractivity contribution in [3.05, 3.63) is 76.5 Å². The highest BCUT2D eigenvalue weighted by Crippen LogP contribution is 2.34. The van der Waals surface area contributed by atoms with Crippen molar-refractivity contribution < 1.29 is 23.1 Å². The van der Waals surface area contributed by atoms with E-state index in [1.807, 2.05) is 0 Å². The van der Waals surface area contributed by atoms with E-state index in [0.29, 0.717) is 29.9 Å². The average Bonchev–Trinajstić information content (AvgIpc) is 3.20. The van der Waals surface area contributed by atoms with E-state index in [0.717, 1.165) is 4.31 Å². The van der Waals surface area contributed by atoms with E-state index in [-0.39, 0.29) is 26.7 Å². The summed E-state index contributed by atoms with van der Waals surface area (Å²) in [6.07, 6.45) is 3.58. The molecule has 0 bridgehead atoms. The number of hydrogen-bond acceptors (Lipinski definition) is 5. The summed E-state index contributed by atoms with van der Waals surface area (Å²) in [6, 6.07) is 11.5. The van der Waals surface area contributed by atoms with Crippen LogP contribution in [0.4, 0.5) is 21.9 Å². The monoisotopic (exact) mass is 520 g/mol. The normalized spacial score (nSPS) is 12.8. The van der Waals surface area contributed by atoms with Gasteiger partial charge in [0.25, 0.3) is 10.0 Å². The standard InChI is InChI=1S/C22H18Cl2N4O5S/c23-15-9-16(24)11-19(10-15)34(32,33)28(13-21(29)30)18-3-4-20-14(8-18)5-7-27(20)22(31)26-17-2-1-6-25-12-17/h1-4,6,8-12H,5,7,13H2,(H,26,31)(H,29,30). The molecule has 0 spiro atoms. The van der Waals surface area contributed by atoms with Crippen LogP contribution in [0.1, 0.15) is 5.56 Å². The fraction of sp³-hybridized carbons (Fsp3) is 0.136. The number of halogens is 2. The van der Waals surface area contributed by atoms with E-state index in [9.17, 15) is 23.1 Å². The molecule has 0 atom stereocenters. The molecular weight excluding hydrogens is 503 g/mol. The third-order valence-electron chi connectivity index (χ3n) is 5.11. The first-order valence-electron chi connectivity index (χ1n) is 9.97. The molecule has 0 saturated carbocycles. The highest BCUT2D eigenvalue weighted by atomic mass is 35.5. The van der Waals surface area contributed by atoms with Crippen molar-refractivity contribution in [1.82, 2.24) is 4.98 Å². The quantitative estimate of drug-likeness (QED) is 0.500. The van der Waals surface area contributed by atoms with Crippen molar-refractivity contribution in [2.24, 2.45) is 0 Å². The number of aromatic nitrogens is 1. The molecule has 4 rings (SSSR count). The minimum absolute atomic E-state index is 0.102. The first-order valence-corrected chi connectivity index (χ1v) is 12.2. The topological polar surface area (TPSA) is 120 Å². The van der Waals surface area contributed by atoms with Gasteiger partial charge in [-0.15, -0.1) is 0 Å². The molecule has 3 aromatic rings. The summed E-state index contributed by atoms with van der Waals surface area (Å²) in [5, 5.41) is 12.4. The van der Waals surface area contributed by atoms with E-state index >= 15 is 0 Å². The number of amides is 2. The predicted octanol–water partition coefficient (Wildman–Crippen LogP) is 4.26. The zero-order valence-electron chi connectivity index (χ0n) is 17.5. The van der Waals surface area contributed by atoms with E-state index in [2.05, 4.69) is 10.3 Å². The first-order chi connectivity index (χ1) is 16.1. The minimum Gasteiger partial charge on any atom is -0.480 e. The lowest BCUT2D eigenvalue weighted by atomic mass is 10.1. The number of hydrogen-bond donors (Lipinski definition) is 2. The zero-order valence-corrected chi connectivity index (χ0v) is 19.8. The van der Waals surface area contributed by atoms with E-state index in [4.69, 9.17) is 23.2 Å². The summed E-state index contributed by atoms with van der Waals surface area (Å²) in [7, 11) is -4.30. The third-order valence-corrected chi connectivity index (χ3v) is 7.30. The van der Waals surface area contributed by atoms with Crippen molar-refractivity contribution >= 4 is 62.3 Å². The molecule has 0 fully saturated rings. The number of carbonyl (C=O) groups is 2. The fourth-order valence-electron chi connectivity index (χ4n) is 3.62. The molecule has 176 valence electrons. The van der Waals surface area contributed by atoms with Crippen LogP contribution in [0.25, 0.3) is 0 Å². The molecule has 2 aromatic carbocycles. The number of aliphatic carboxylic acids is 1. The zero-order chi connectivity index (χ0) is 24.5. The molecule has 2 N–H and O–H groups in total. The van der Waals surface area contributed by atoms with Gasteiger partial charge in [-0.3, -0.25) is 19.0 Å². The number of benzene rings is 2. The van der Waals surface area contributed by atoms with E-state index < -0.39 is 22.5 Å². The Labute approximate surface area is 205 Å². The molecular formula is C22H18Cl2N4O5S. The fourth-order valence-corrected chi connectivity index (χ4v) is 5.76. The van der Waals surface area contributed by atoms with Gasteiger partial charge in [0.1, 0.15) is 6.54 Å². The smallest absolute Gasteiger partial charge is 0.326 e. The number of fused-ring (bicyclic) bond motifs is 1. The van der Waals surface area contributed by atoms with Crippen molar-refractivity contribution in [3.63, 3.8) is 0 Å². The summed E-state index contributed by atoms with van der Waals surface area (Å²) >= 11 is 11.9. The summed E-state index contributed by atoms with van der Waals surface area (Å²) in [5.74, 6) is -1.34. The van der Waals surface area contributed by atoms with Gasteiger partial charge in [-0.05, 0) is 60.5 Å². The van der Waals surface area contributed by atoms with Gasteiger partial charge in [0, 0.05) is 28.5 Å². The van der Waals surface area contributed by atoms with Crippen LogP contribution >= 0.6 is 23.2 Å². The Kier molecular flexibility index (Phi) is 6.65. The Morgan fingerprint density at radius 2 is 1.85 bits per heavy atom. The number of anilines is 3. The largest absolute Gasteiger partial charge is 0.480 e. The molecule has 2 amide bonds. The number of nitrogens with one attached hydrogen (secondary N) is 1. The number of rotatable bonds is 6. The van der Waals surface area contributed by atoms with Crippen LogP contribution in [0, 0.1) is 0 Å². The molecule has 2 heterocycles. The van der Waals surface area contributed by atoms with Gasteiger partial charge < -0.3 is 10.4 Å². The summed E-state index contributed by atoms with van der Waals surface area (Å²) in [5.41, 5.74) is 1.99. The average molecular weight is 521 g/mol. The Hall–Kier alpha value is -3.34. The molecule has 0 unspecified atom stereocenters. The summed E-state index contributed by atoms with van der Waals surface area (Å²) < 4.78 is 27.4. The van der Waals surface area contributed by atoms with Gasteiger partial charge in [-0.2, -0.15) is 0 Å². The van der Waals surface area contributed by atoms with Crippen molar-refractivity contribution in [2.45, 2.75) is 11.3 Å². The Bertz CT molecular complexity index is 1350. The Morgan fingerprint density at radius 3 is 2.50 bits per heavy atom. The SMILES string of the molecule is O=C(O)CN(c1ccc2c(c1)CCN2C(=O)Nc1cccnc1)S(=O)(=O)c1cc(Cl)cc(Cl)c1. The number of carboxylic acid groups (broad SMARTS) is 1. The molecule has 1 aliphatic rings. The number of carbonyl (C=O) groups excluding carboxylic acids is 1. The molecule has 0 aliphatic carbocycles. The maximum atomic E-state index is 13.3. The molecule has 1 aliphatic heterocycles. The van der Waals surface area contributed by atoms with Gasteiger partial charge in [0.05, 0.1) is 22.5 Å². The Morgan fingerprint density at radius 1 is 1.12 bits per heavy atom. The third kappa shape index (κ3) is 4.93. The van der Waals surface area contributed by atoms with Crippen LogP contribution in [0.15, 0.2) is 65.8 Å². The van der Waals surface area contributed by atoms with E-state index in [1.54, 1.807) is 30.5 Å². The van der Waals surface area contributed by atoms with Crippen LogP contribution in [-0.4, -0.2) is 43.6 Å². The second-order valence-electron chi connectivity index (χ2n) is 7.40. The van der Waals surface area contributed by atoms with Crippen LogP contribution in [0.3, 0.4) is 0 Å². The van der Waals surface area contributed by atoms with Crippen LogP contribution in [-0.2, 0) is 21.2 Å². The maximum Gasteiger partial charge on any atom is 0.326 e. The van der Waals surface area contributed by atoms with Gasteiger partial charge >= 0.3 is 12.0 Å². The lowest BCUT2D eigenvalue weighted by Crippen LogP contribution is -2.36. The number of sulfonamides is 1. The predicted molar refractivity (Wildman–Crippen MR) is 129 cm³/mol. The Balaban J connectivity index is 1.66. The molecule has 0 saturated heterocycles. The minimum atomic E-state index is -4.30. The van der Waals surface area contributed by atoms with Crippen LogP contribution in [0.5, 0.6) is 0 Å². The van der Waals surface area contributed by atoms with Gasteiger partial charge in [-0.1, -0.05) is 23.2 Å². The van der Waals surface area contributed by atoms with Crippen molar-refractivity contribution in [1.29, 1.82) is 0 Å². The second-order valence-corrected chi connectivity index (χ2v) is 10.1. The molecule has 0 radical (unpaired) electrons. The number of nitrogens with zero attached hydrogens (tertiary/aromatic N) is 3. The summed E-state index contributed by atoms with van der Waals surface area (Å²) in [4.78, 5) is 29.5. The maximum absolute atomic E-state index is 13.3. The van der Waals surface area contributed by atoms with Gasteiger partial charge in [-0.25, -0.2) is 13.2 Å². The second kappa shape index (κ2) is 9.49. The number of pyridine rings is 1. The highest BCUT2D eigenvalue weighted by molar-refractivity contribution is 7.92. The van der Waals surface area contributed by atoms with Gasteiger partial charge in [0.2, 0.25) is 0 Å². The lowest BCUT2D eigenvalue weighted by Gasteiger charge is -2.24. The highest BCUT2D eigenvalue weighted by Gasteiger charge is 2.31. The van der Waals surface area contributed by atoms with E-state index in [1.165, 1.54) is 35.4 Å². The lowest BCUT2D eigenvalue weighted by molar-refractivity contribution is -0.135. The molecule has 12 heteroatoms. The van der Waals surface area contributed by atoms with Crippen molar-refractivity contribution in [3.8, 4) is 0 Å². The van der Waals surface area contributed by atoms with Crippen molar-refractivity contribution in [2.75, 3.05) is 27.6 Å². The molecule has 1 aromatic heterocycles. The van der Waals surface area contributed by atoms with Crippen LogP contribution in [0.2, 0.25) is 10.0 Å².